The second kappa shape index (κ2) is 33.7. The SMILES string of the molecule is CC/C=C\C/C=C\C/C=C\C/C=C\CCCOCC(COC1OC(CO)C(O)C(OS(=O)(=O)O)C1O)OC(=O)CCCCCCC/C=C\C/C=C\CCCC. The molecule has 1 aliphatic heterocycles. The van der Waals surface area contributed by atoms with Crippen LogP contribution in [0.25, 0.3) is 0 Å². The van der Waals surface area contributed by atoms with Gasteiger partial charge >= 0.3 is 16.4 Å². The average molecular weight is 799 g/mol. The Bertz CT molecular complexity index is 1240. The van der Waals surface area contributed by atoms with Crippen molar-refractivity contribution in [3.05, 3.63) is 72.9 Å². The maximum absolute atomic E-state index is 12.8. The van der Waals surface area contributed by atoms with Gasteiger partial charge in [0.1, 0.15) is 30.5 Å². The lowest BCUT2D eigenvalue weighted by molar-refractivity contribution is -0.301. The van der Waals surface area contributed by atoms with Crippen LogP contribution in [0.3, 0.4) is 0 Å². The van der Waals surface area contributed by atoms with Gasteiger partial charge in [-0.05, 0) is 70.6 Å². The van der Waals surface area contributed by atoms with Crippen LogP contribution in [-0.4, -0.2) is 97.5 Å². The number of aliphatic hydroxyl groups excluding tert-OH is 3. The van der Waals surface area contributed by atoms with E-state index in [1.165, 1.54) is 12.8 Å². The maximum atomic E-state index is 12.8. The van der Waals surface area contributed by atoms with Crippen molar-refractivity contribution in [2.24, 2.45) is 0 Å². The third-order valence-corrected chi connectivity index (χ3v) is 9.03. The molecule has 1 heterocycles. The van der Waals surface area contributed by atoms with E-state index in [4.69, 9.17) is 23.5 Å². The van der Waals surface area contributed by atoms with E-state index in [0.717, 1.165) is 83.5 Å². The minimum Gasteiger partial charge on any atom is -0.457 e. The third-order valence-electron chi connectivity index (χ3n) is 8.56. The number of unbranched alkanes of at least 4 members (excludes halogenated alkanes) is 8. The molecule has 0 radical (unpaired) electrons. The molecule has 316 valence electrons. The lowest BCUT2D eigenvalue weighted by Crippen LogP contribution is -2.60. The molecule has 6 unspecified atom stereocenters. The highest BCUT2D eigenvalue weighted by molar-refractivity contribution is 7.80. The van der Waals surface area contributed by atoms with Gasteiger partial charge in [-0.1, -0.05) is 119 Å². The van der Waals surface area contributed by atoms with Crippen LogP contribution < -0.4 is 0 Å². The van der Waals surface area contributed by atoms with E-state index in [1.54, 1.807) is 0 Å². The van der Waals surface area contributed by atoms with Crippen molar-refractivity contribution in [3.8, 4) is 0 Å². The standard InChI is InChI=1S/C42H70O12S/c1-3-5-7-9-11-13-15-17-19-21-23-25-27-29-31-38(44)52-36(34-50-32-30-28-26-24-22-20-18-16-14-12-10-8-6-4-2)35-51-42-40(46)41(54-55(47,48)49)39(45)37(33-43)53-42/h6,8-9,11-12,14-15,17-18,20,24,26,36-37,39-43,45-46H,3-5,7,10,13,16,19,21-23,25,27-35H2,1-2H3,(H,47,48,49)/b8-6-,11-9-,14-12-,17-15-,20-18-,26-24-. The van der Waals surface area contributed by atoms with Crippen LogP contribution >= 0.6 is 0 Å². The quantitative estimate of drug-likeness (QED) is 0.0222. The molecule has 12 nitrogen and oxygen atoms in total. The number of carbonyl (C=O) groups excluding carboxylic acids is 1. The molecular weight excluding hydrogens is 729 g/mol. The van der Waals surface area contributed by atoms with Gasteiger partial charge in [0.15, 0.2) is 6.29 Å². The zero-order valence-corrected chi connectivity index (χ0v) is 34.0. The van der Waals surface area contributed by atoms with E-state index >= 15 is 0 Å². The molecule has 0 amide bonds. The Labute approximate surface area is 331 Å². The number of hydrogen-bond donors (Lipinski definition) is 4. The number of esters is 1. The first-order valence-corrected chi connectivity index (χ1v) is 21.6. The molecule has 1 rings (SSSR count). The molecule has 0 saturated carbocycles. The summed E-state index contributed by atoms with van der Waals surface area (Å²) < 4.78 is 58.7. The Morgan fingerprint density at radius 2 is 1.25 bits per heavy atom. The van der Waals surface area contributed by atoms with Gasteiger partial charge in [0.05, 0.1) is 19.8 Å². The fourth-order valence-electron chi connectivity index (χ4n) is 5.51. The van der Waals surface area contributed by atoms with Crippen LogP contribution in [0.15, 0.2) is 72.9 Å². The highest BCUT2D eigenvalue weighted by Crippen LogP contribution is 2.26. The van der Waals surface area contributed by atoms with E-state index in [0.29, 0.717) is 13.0 Å². The van der Waals surface area contributed by atoms with Gasteiger partial charge in [-0.3, -0.25) is 9.35 Å². The minimum atomic E-state index is -5.07. The summed E-state index contributed by atoms with van der Waals surface area (Å²) in [4.78, 5) is 12.8. The summed E-state index contributed by atoms with van der Waals surface area (Å²) in [6.45, 7) is 3.63. The number of allylic oxidation sites excluding steroid dienone is 12. The topological polar surface area (TPSA) is 178 Å². The summed E-state index contributed by atoms with van der Waals surface area (Å²) >= 11 is 0. The highest BCUT2D eigenvalue weighted by atomic mass is 32.3. The van der Waals surface area contributed by atoms with Crippen LogP contribution in [0.1, 0.15) is 123 Å². The second-order valence-electron chi connectivity index (χ2n) is 13.5. The molecule has 0 bridgehead atoms. The summed E-state index contributed by atoms with van der Waals surface area (Å²) in [5.41, 5.74) is 0. The predicted molar refractivity (Wildman–Crippen MR) is 216 cm³/mol. The summed E-state index contributed by atoms with van der Waals surface area (Å²) in [6.07, 6.45) is 32.4. The molecule has 1 saturated heterocycles. The number of aliphatic hydroxyl groups is 3. The summed E-state index contributed by atoms with van der Waals surface area (Å²) in [5.74, 6) is -0.437. The van der Waals surface area contributed by atoms with Gasteiger partial charge in [0.2, 0.25) is 0 Å². The molecule has 4 N–H and O–H groups in total. The Balaban J connectivity index is 2.55. The number of hydrogen-bond acceptors (Lipinski definition) is 11. The lowest BCUT2D eigenvalue weighted by Gasteiger charge is -2.41. The smallest absolute Gasteiger partial charge is 0.397 e. The molecule has 0 aromatic carbocycles. The fourth-order valence-corrected chi connectivity index (χ4v) is 6.02. The van der Waals surface area contributed by atoms with E-state index in [-0.39, 0.29) is 19.6 Å². The first kappa shape index (κ1) is 50.6. The van der Waals surface area contributed by atoms with Crippen molar-refractivity contribution >= 4 is 16.4 Å². The zero-order valence-electron chi connectivity index (χ0n) is 33.2. The fraction of sp³-hybridized carbons (Fsp3) is 0.690. The van der Waals surface area contributed by atoms with E-state index in [1.807, 2.05) is 0 Å². The number of ether oxygens (including phenoxy) is 4. The van der Waals surface area contributed by atoms with Gasteiger partial charge < -0.3 is 34.3 Å². The molecule has 1 aliphatic rings. The van der Waals surface area contributed by atoms with Crippen LogP contribution in [0.4, 0.5) is 0 Å². The summed E-state index contributed by atoms with van der Waals surface area (Å²) in [5, 5.41) is 30.6. The largest absolute Gasteiger partial charge is 0.457 e. The van der Waals surface area contributed by atoms with Crippen molar-refractivity contribution in [3.63, 3.8) is 0 Å². The van der Waals surface area contributed by atoms with Crippen molar-refractivity contribution in [2.75, 3.05) is 26.4 Å². The highest BCUT2D eigenvalue weighted by Gasteiger charge is 2.48. The molecule has 0 aromatic heterocycles. The lowest BCUT2D eigenvalue weighted by atomic mass is 9.99. The monoisotopic (exact) mass is 798 g/mol. The third kappa shape index (κ3) is 27.7. The van der Waals surface area contributed by atoms with Crippen molar-refractivity contribution in [1.82, 2.24) is 0 Å². The molecule has 0 aromatic rings. The van der Waals surface area contributed by atoms with E-state index in [2.05, 4.69) is 90.9 Å². The Morgan fingerprint density at radius 1 is 0.709 bits per heavy atom. The Morgan fingerprint density at radius 3 is 1.84 bits per heavy atom. The first-order valence-electron chi connectivity index (χ1n) is 20.2. The predicted octanol–water partition coefficient (Wildman–Crippen LogP) is 7.57. The second-order valence-corrected chi connectivity index (χ2v) is 14.5. The Kier molecular flexibility index (Phi) is 30.9. The normalized spacial score (nSPS) is 21.7. The molecule has 6 atom stereocenters. The van der Waals surface area contributed by atoms with E-state index < -0.39 is 59.8 Å². The van der Waals surface area contributed by atoms with Crippen LogP contribution in [-0.2, 0) is 38.3 Å². The number of rotatable bonds is 33. The summed E-state index contributed by atoms with van der Waals surface area (Å²) in [7, 11) is -5.07. The summed E-state index contributed by atoms with van der Waals surface area (Å²) in [6, 6.07) is 0. The molecule has 13 heteroatoms. The van der Waals surface area contributed by atoms with Gasteiger partial charge in [-0.2, -0.15) is 8.42 Å². The minimum absolute atomic E-state index is 0.0121. The van der Waals surface area contributed by atoms with Gasteiger partial charge in [0, 0.05) is 13.0 Å². The molecular formula is C42H70O12S. The van der Waals surface area contributed by atoms with Gasteiger partial charge in [-0.25, -0.2) is 4.18 Å². The molecule has 0 spiro atoms. The Hall–Kier alpha value is -2.46. The van der Waals surface area contributed by atoms with Crippen molar-refractivity contribution in [1.29, 1.82) is 0 Å². The van der Waals surface area contributed by atoms with Crippen LogP contribution in [0.2, 0.25) is 0 Å². The first-order chi connectivity index (χ1) is 26.6. The molecule has 1 fully saturated rings. The number of carbonyl (C=O) groups is 1. The van der Waals surface area contributed by atoms with Gasteiger partial charge in [0.25, 0.3) is 0 Å². The van der Waals surface area contributed by atoms with Crippen molar-refractivity contribution in [2.45, 2.75) is 160 Å². The zero-order chi connectivity index (χ0) is 40.4. The van der Waals surface area contributed by atoms with Crippen LogP contribution in [0, 0.1) is 0 Å². The van der Waals surface area contributed by atoms with E-state index in [9.17, 15) is 28.5 Å². The van der Waals surface area contributed by atoms with Crippen molar-refractivity contribution < 1.29 is 56.2 Å². The maximum Gasteiger partial charge on any atom is 0.397 e. The van der Waals surface area contributed by atoms with Crippen LogP contribution in [0.5, 0.6) is 0 Å². The average Bonchev–Trinajstić information content (AvgIpc) is 3.15. The molecule has 55 heavy (non-hydrogen) atoms. The van der Waals surface area contributed by atoms with Gasteiger partial charge in [-0.15, -0.1) is 0 Å². The molecule has 0 aliphatic carbocycles.